The predicted octanol–water partition coefficient (Wildman–Crippen LogP) is 1.62. The van der Waals surface area contributed by atoms with Gasteiger partial charge in [0, 0.05) is 38.4 Å². The van der Waals surface area contributed by atoms with Gasteiger partial charge < -0.3 is 5.32 Å². The molecule has 0 amide bonds. The summed E-state index contributed by atoms with van der Waals surface area (Å²) in [6, 6.07) is 1.50. The van der Waals surface area contributed by atoms with Crippen LogP contribution < -0.4 is 5.32 Å². The smallest absolute Gasteiger partial charge is 0.282 e. The van der Waals surface area contributed by atoms with Crippen LogP contribution in [0.25, 0.3) is 0 Å². The van der Waals surface area contributed by atoms with E-state index in [-0.39, 0.29) is 6.04 Å². The van der Waals surface area contributed by atoms with Gasteiger partial charge in [0.15, 0.2) is 5.13 Å². The standard InChI is InChI=1S/C13H18N6O2S2/c1-18(2)23(20,21)19-8-3-4-11(19)10-5-6-14-12(16-10)17-13-15-7-9-22-13/h5-7,9,11H,3-4,8H2,1-2H3,(H,14,15,16,17). The maximum Gasteiger partial charge on any atom is 0.282 e. The summed E-state index contributed by atoms with van der Waals surface area (Å²) in [6.45, 7) is 0.504. The maximum atomic E-state index is 12.4. The second kappa shape index (κ2) is 6.48. The minimum absolute atomic E-state index is 0.262. The molecule has 23 heavy (non-hydrogen) atoms. The second-order valence-electron chi connectivity index (χ2n) is 5.33. The minimum atomic E-state index is -3.46. The first-order valence-electron chi connectivity index (χ1n) is 7.17. The SMILES string of the molecule is CN(C)S(=O)(=O)N1CCCC1c1ccnc(Nc2nccs2)n1. The van der Waals surface area contributed by atoms with Gasteiger partial charge in [0.05, 0.1) is 11.7 Å². The Bertz CT molecular complexity index is 763. The van der Waals surface area contributed by atoms with E-state index in [9.17, 15) is 8.42 Å². The monoisotopic (exact) mass is 354 g/mol. The van der Waals surface area contributed by atoms with Gasteiger partial charge in [-0.25, -0.2) is 15.0 Å². The van der Waals surface area contributed by atoms with Gasteiger partial charge in [-0.2, -0.15) is 17.0 Å². The fourth-order valence-corrected chi connectivity index (χ4v) is 4.36. The Balaban J connectivity index is 1.86. The van der Waals surface area contributed by atoms with Crippen LogP contribution in [0.1, 0.15) is 24.6 Å². The predicted molar refractivity (Wildman–Crippen MR) is 88.7 cm³/mol. The van der Waals surface area contributed by atoms with Gasteiger partial charge in [0.2, 0.25) is 5.95 Å². The first-order valence-corrected chi connectivity index (χ1v) is 9.45. The lowest BCUT2D eigenvalue weighted by molar-refractivity contribution is 0.358. The maximum absolute atomic E-state index is 12.4. The summed E-state index contributed by atoms with van der Waals surface area (Å²) in [5.41, 5.74) is 0.696. The number of rotatable bonds is 5. The molecule has 2 aromatic rings. The topological polar surface area (TPSA) is 91.3 Å². The van der Waals surface area contributed by atoms with Crippen LogP contribution in [0.15, 0.2) is 23.8 Å². The van der Waals surface area contributed by atoms with Crippen LogP contribution in [0.2, 0.25) is 0 Å². The molecule has 0 aromatic carbocycles. The van der Waals surface area contributed by atoms with Gasteiger partial charge in [-0.3, -0.25) is 0 Å². The molecule has 1 saturated heterocycles. The lowest BCUT2D eigenvalue weighted by atomic mass is 10.1. The largest absolute Gasteiger partial charge is 0.300 e. The summed E-state index contributed by atoms with van der Waals surface area (Å²) in [7, 11) is -0.378. The van der Waals surface area contributed by atoms with E-state index in [1.165, 1.54) is 19.9 Å². The highest BCUT2D eigenvalue weighted by Crippen LogP contribution is 2.34. The van der Waals surface area contributed by atoms with Crippen molar-refractivity contribution in [3.8, 4) is 0 Å². The summed E-state index contributed by atoms with van der Waals surface area (Å²) in [5.74, 6) is 0.423. The van der Waals surface area contributed by atoms with Gasteiger partial charge in [0.25, 0.3) is 10.2 Å². The molecule has 0 radical (unpaired) electrons. The molecule has 0 saturated carbocycles. The van der Waals surface area contributed by atoms with E-state index in [4.69, 9.17) is 0 Å². The lowest BCUT2D eigenvalue weighted by Gasteiger charge is -2.26. The Morgan fingerprint density at radius 3 is 2.87 bits per heavy atom. The molecule has 124 valence electrons. The van der Waals surface area contributed by atoms with E-state index < -0.39 is 10.2 Å². The Morgan fingerprint density at radius 2 is 2.17 bits per heavy atom. The van der Waals surface area contributed by atoms with Crippen molar-refractivity contribution in [2.45, 2.75) is 18.9 Å². The molecule has 10 heteroatoms. The first-order chi connectivity index (χ1) is 11.0. The molecule has 1 fully saturated rings. The average molecular weight is 354 g/mol. The summed E-state index contributed by atoms with van der Waals surface area (Å²) in [4.78, 5) is 12.8. The van der Waals surface area contributed by atoms with Crippen molar-refractivity contribution in [2.75, 3.05) is 26.0 Å². The molecular weight excluding hydrogens is 336 g/mol. The van der Waals surface area contributed by atoms with Crippen LogP contribution >= 0.6 is 11.3 Å². The second-order valence-corrected chi connectivity index (χ2v) is 8.32. The zero-order chi connectivity index (χ0) is 16.4. The number of anilines is 2. The number of hydrogen-bond acceptors (Lipinski definition) is 7. The third kappa shape index (κ3) is 3.34. The molecule has 3 heterocycles. The molecular formula is C13H18N6O2S2. The number of thiazole rings is 1. The Labute approximate surface area is 139 Å². The Kier molecular flexibility index (Phi) is 4.57. The molecule has 0 bridgehead atoms. The van der Waals surface area contributed by atoms with E-state index in [2.05, 4.69) is 20.3 Å². The highest BCUT2D eigenvalue weighted by molar-refractivity contribution is 7.86. The number of nitrogens with zero attached hydrogens (tertiary/aromatic N) is 5. The van der Waals surface area contributed by atoms with Crippen molar-refractivity contribution >= 4 is 32.6 Å². The molecule has 1 N–H and O–H groups in total. The number of aromatic nitrogens is 3. The molecule has 0 spiro atoms. The zero-order valence-corrected chi connectivity index (χ0v) is 14.5. The fraction of sp³-hybridized carbons (Fsp3) is 0.462. The van der Waals surface area contributed by atoms with Crippen LogP contribution in [-0.2, 0) is 10.2 Å². The fourth-order valence-electron chi connectivity index (χ4n) is 2.52. The van der Waals surface area contributed by atoms with Crippen LogP contribution in [0.5, 0.6) is 0 Å². The Hall–Kier alpha value is -1.62. The van der Waals surface area contributed by atoms with Crippen LogP contribution in [0.4, 0.5) is 11.1 Å². The van der Waals surface area contributed by atoms with E-state index in [1.54, 1.807) is 32.6 Å². The lowest BCUT2D eigenvalue weighted by Crippen LogP contribution is -2.39. The average Bonchev–Trinajstić information content (AvgIpc) is 3.18. The van der Waals surface area contributed by atoms with Gasteiger partial charge in [-0.05, 0) is 18.9 Å². The van der Waals surface area contributed by atoms with Gasteiger partial charge in [-0.1, -0.05) is 0 Å². The third-order valence-electron chi connectivity index (χ3n) is 3.63. The molecule has 2 aromatic heterocycles. The van der Waals surface area contributed by atoms with Crippen LogP contribution in [0.3, 0.4) is 0 Å². The third-order valence-corrected chi connectivity index (χ3v) is 6.27. The molecule has 1 atom stereocenters. The highest BCUT2D eigenvalue weighted by Gasteiger charge is 2.37. The summed E-state index contributed by atoms with van der Waals surface area (Å²) in [5, 5.41) is 5.59. The van der Waals surface area contributed by atoms with Gasteiger partial charge >= 0.3 is 0 Å². The van der Waals surface area contributed by atoms with Gasteiger partial charge in [0.1, 0.15) is 0 Å². The minimum Gasteiger partial charge on any atom is -0.300 e. The van der Waals surface area contributed by atoms with Crippen molar-refractivity contribution in [2.24, 2.45) is 0 Å². The van der Waals surface area contributed by atoms with E-state index in [1.807, 2.05) is 5.38 Å². The van der Waals surface area contributed by atoms with Crippen LogP contribution in [0, 0.1) is 0 Å². The van der Waals surface area contributed by atoms with E-state index in [0.29, 0.717) is 23.3 Å². The summed E-state index contributed by atoms with van der Waals surface area (Å²) in [6.07, 6.45) is 4.90. The Morgan fingerprint density at radius 1 is 1.35 bits per heavy atom. The molecule has 1 aliphatic heterocycles. The molecule has 3 rings (SSSR count). The summed E-state index contributed by atoms with van der Waals surface area (Å²) >= 11 is 1.45. The molecule has 1 unspecified atom stereocenters. The normalized spacial score (nSPS) is 19.3. The van der Waals surface area contributed by atoms with Crippen molar-refractivity contribution in [3.05, 3.63) is 29.5 Å². The first kappa shape index (κ1) is 16.2. The van der Waals surface area contributed by atoms with E-state index in [0.717, 1.165) is 12.8 Å². The zero-order valence-electron chi connectivity index (χ0n) is 12.9. The van der Waals surface area contributed by atoms with Crippen molar-refractivity contribution < 1.29 is 8.42 Å². The number of nitrogens with one attached hydrogen (secondary N) is 1. The van der Waals surface area contributed by atoms with Crippen molar-refractivity contribution in [1.29, 1.82) is 0 Å². The van der Waals surface area contributed by atoms with Crippen molar-refractivity contribution in [3.63, 3.8) is 0 Å². The van der Waals surface area contributed by atoms with Crippen LogP contribution in [-0.4, -0.2) is 52.6 Å². The highest BCUT2D eigenvalue weighted by atomic mass is 32.2. The molecule has 8 nitrogen and oxygen atoms in total. The van der Waals surface area contributed by atoms with Crippen molar-refractivity contribution in [1.82, 2.24) is 23.6 Å². The number of hydrogen-bond donors (Lipinski definition) is 1. The van der Waals surface area contributed by atoms with Gasteiger partial charge in [-0.15, -0.1) is 11.3 Å². The van der Waals surface area contributed by atoms with E-state index >= 15 is 0 Å². The summed E-state index contributed by atoms with van der Waals surface area (Å²) < 4.78 is 27.6. The molecule has 0 aliphatic carbocycles. The molecule has 1 aliphatic rings. The quantitative estimate of drug-likeness (QED) is 0.877.